The first-order valence-corrected chi connectivity index (χ1v) is 17.2. The number of carbonyl (C=O) groups excluding carboxylic acids is 1. The highest BCUT2D eigenvalue weighted by molar-refractivity contribution is 7.98. The molecule has 0 N–H and O–H groups in total. The van der Waals surface area contributed by atoms with E-state index >= 15 is 0 Å². The lowest BCUT2D eigenvalue weighted by Gasteiger charge is -2.28. The molecule has 0 saturated carbocycles. The standard InChI is InChI=1S/C39H41F2N3O2S/c1-4-28-14-18-30(19-15-28)31-20-16-29(17-21-31)25-43(23-22-42(5-2)6-3)37(46)26-44-35-13-8-7-11-33(35)36(45)24-38(44)47-27-32-10-9-12-34(40)39(32)41/h7-21,24H,4-6,22-23,25-27H2,1-3H3. The highest BCUT2D eigenvalue weighted by Gasteiger charge is 2.20. The van der Waals surface area contributed by atoms with Crippen LogP contribution in [0.3, 0.4) is 0 Å². The van der Waals surface area contributed by atoms with Gasteiger partial charge in [0.2, 0.25) is 5.91 Å². The van der Waals surface area contributed by atoms with Crippen molar-refractivity contribution in [1.29, 1.82) is 0 Å². The third-order valence-electron chi connectivity index (χ3n) is 8.64. The van der Waals surface area contributed by atoms with Crippen LogP contribution in [0.5, 0.6) is 0 Å². The van der Waals surface area contributed by atoms with Crippen LogP contribution in [-0.2, 0) is 30.1 Å². The Morgan fingerprint density at radius 1 is 0.787 bits per heavy atom. The average Bonchev–Trinajstić information content (AvgIpc) is 3.10. The summed E-state index contributed by atoms with van der Waals surface area (Å²) in [7, 11) is 0. The largest absolute Gasteiger partial charge is 0.336 e. The van der Waals surface area contributed by atoms with Crippen molar-refractivity contribution in [1.82, 2.24) is 14.4 Å². The van der Waals surface area contributed by atoms with Gasteiger partial charge < -0.3 is 14.4 Å². The van der Waals surface area contributed by atoms with Gasteiger partial charge in [-0.15, -0.1) is 11.8 Å². The van der Waals surface area contributed by atoms with Gasteiger partial charge in [-0.05, 0) is 60.0 Å². The molecule has 1 amide bonds. The smallest absolute Gasteiger partial charge is 0.242 e. The van der Waals surface area contributed by atoms with Gasteiger partial charge in [0.15, 0.2) is 17.1 Å². The molecule has 0 aliphatic heterocycles. The van der Waals surface area contributed by atoms with Crippen LogP contribution >= 0.6 is 11.8 Å². The molecule has 0 saturated heterocycles. The predicted octanol–water partition coefficient (Wildman–Crippen LogP) is 8.17. The Morgan fingerprint density at radius 2 is 1.45 bits per heavy atom. The number of benzene rings is 4. The molecule has 4 aromatic carbocycles. The van der Waals surface area contributed by atoms with Gasteiger partial charge in [-0.2, -0.15) is 0 Å². The van der Waals surface area contributed by atoms with Gasteiger partial charge in [0.25, 0.3) is 0 Å². The third kappa shape index (κ3) is 8.37. The molecule has 5 nitrogen and oxygen atoms in total. The van der Waals surface area contributed by atoms with E-state index in [1.54, 1.807) is 12.1 Å². The van der Waals surface area contributed by atoms with Crippen LogP contribution in [0.2, 0.25) is 0 Å². The number of likely N-dealkylation sites (N-methyl/N-ethyl adjacent to an activating group) is 1. The van der Waals surface area contributed by atoms with Crippen LogP contribution in [0.15, 0.2) is 107 Å². The number of carbonyl (C=O) groups is 1. The van der Waals surface area contributed by atoms with Crippen molar-refractivity contribution in [3.8, 4) is 11.1 Å². The number of para-hydroxylation sites is 1. The number of nitrogens with zero attached hydrogens (tertiary/aromatic N) is 3. The number of fused-ring (bicyclic) bond motifs is 1. The Balaban J connectivity index is 1.43. The summed E-state index contributed by atoms with van der Waals surface area (Å²) < 4.78 is 30.2. The molecule has 0 atom stereocenters. The second-order valence-corrected chi connectivity index (χ2v) is 12.5. The molecule has 5 aromatic rings. The minimum atomic E-state index is -0.916. The maximum absolute atomic E-state index is 14.5. The SMILES string of the molecule is CCc1ccc(-c2ccc(CN(CCN(CC)CC)C(=O)Cn3c(SCc4cccc(F)c4F)cc(=O)c4ccccc43)cc2)cc1. The molecule has 47 heavy (non-hydrogen) atoms. The fourth-order valence-electron chi connectivity index (χ4n) is 5.68. The minimum Gasteiger partial charge on any atom is -0.336 e. The summed E-state index contributed by atoms with van der Waals surface area (Å²) in [6.07, 6.45) is 0.997. The van der Waals surface area contributed by atoms with Gasteiger partial charge in [0.1, 0.15) is 6.54 Å². The Morgan fingerprint density at radius 3 is 2.11 bits per heavy atom. The molecular weight excluding hydrogens is 613 g/mol. The number of aromatic nitrogens is 1. The lowest BCUT2D eigenvalue weighted by molar-refractivity contribution is -0.132. The number of pyridine rings is 1. The van der Waals surface area contributed by atoms with E-state index in [9.17, 15) is 18.4 Å². The molecule has 0 bridgehead atoms. The van der Waals surface area contributed by atoms with Crippen LogP contribution in [0.25, 0.3) is 22.0 Å². The van der Waals surface area contributed by atoms with Crippen molar-refractivity contribution >= 4 is 28.6 Å². The molecule has 244 valence electrons. The topological polar surface area (TPSA) is 45.5 Å². The van der Waals surface area contributed by atoms with Crippen molar-refractivity contribution in [2.24, 2.45) is 0 Å². The molecule has 1 aromatic heterocycles. The van der Waals surface area contributed by atoms with E-state index in [2.05, 4.69) is 74.2 Å². The number of thioether (sulfide) groups is 1. The van der Waals surface area contributed by atoms with E-state index in [4.69, 9.17) is 0 Å². The van der Waals surface area contributed by atoms with E-state index in [1.165, 1.54) is 35.5 Å². The Labute approximate surface area is 279 Å². The van der Waals surface area contributed by atoms with E-state index in [-0.39, 0.29) is 29.2 Å². The Hall–Kier alpha value is -4.27. The van der Waals surface area contributed by atoms with Crippen molar-refractivity contribution in [3.05, 3.63) is 136 Å². The van der Waals surface area contributed by atoms with Crippen molar-refractivity contribution < 1.29 is 13.6 Å². The molecule has 0 radical (unpaired) electrons. The molecule has 8 heteroatoms. The van der Waals surface area contributed by atoms with Crippen LogP contribution in [0.4, 0.5) is 8.78 Å². The normalized spacial score (nSPS) is 11.4. The molecule has 0 aliphatic rings. The van der Waals surface area contributed by atoms with Crippen molar-refractivity contribution in [2.75, 3.05) is 26.2 Å². The summed E-state index contributed by atoms with van der Waals surface area (Å²) in [6.45, 7) is 9.82. The number of rotatable bonds is 14. The Kier molecular flexibility index (Phi) is 11.6. The highest BCUT2D eigenvalue weighted by Crippen LogP contribution is 2.28. The monoisotopic (exact) mass is 653 g/mol. The zero-order valence-corrected chi connectivity index (χ0v) is 28.0. The summed E-state index contributed by atoms with van der Waals surface area (Å²) in [6, 6.07) is 29.7. The van der Waals surface area contributed by atoms with Gasteiger partial charge in [-0.1, -0.05) is 93.6 Å². The lowest BCUT2D eigenvalue weighted by atomic mass is 10.0. The van der Waals surface area contributed by atoms with Crippen LogP contribution in [0.1, 0.15) is 37.5 Å². The fourth-order valence-corrected chi connectivity index (χ4v) is 6.72. The summed E-state index contributed by atoms with van der Waals surface area (Å²) in [5.74, 6) is -1.81. The predicted molar refractivity (Wildman–Crippen MR) is 189 cm³/mol. The van der Waals surface area contributed by atoms with Crippen LogP contribution in [-0.4, -0.2) is 46.5 Å². The third-order valence-corrected chi connectivity index (χ3v) is 9.73. The second-order valence-electron chi connectivity index (χ2n) is 11.5. The minimum absolute atomic E-state index is 0.00509. The van der Waals surface area contributed by atoms with Gasteiger partial charge in [-0.25, -0.2) is 8.78 Å². The molecule has 0 aliphatic carbocycles. The summed E-state index contributed by atoms with van der Waals surface area (Å²) in [5, 5.41) is 1.02. The van der Waals surface area contributed by atoms with E-state index in [0.29, 0.717) is 29.0 Å². The lowest BCUT2D eigenvalue weighted by Crippen LogP contribution is -2.40. The first-order valence-electron chi connectivity index (χ1n) is 16.2. The number of halogens is 2. The number of amides is 1. The zero-order chi connectivity index (χ0) is 33.3. The molecule has 0 unspecified atom stereocenters. The van der Waals surface area contributed by atoms with Crippen molar-refractivity contribution in [3.63, 3.8) is 0 Å². The quantitative estimate of drug-likeness (QED) is 0.114. The van der Waals surface area contributed by atoms with Gasteiger partial charge in [0, 0.05) is 42.4 Å². The second kappa shape index (κ2) is 16.0. The molecular formula is C39H41F2N3O2S. The van der Waals surface area contributed by atoms with Crippen molar-refractivity contribution in [2.45, 2.75) is 51.1 Å². The highest BCUT2D eigenvalue weighted by atomic mass is 32.2. The zero-order valence-electron chi connectivity index (χ0n) is 27.2. The van der Waals surface area contributed by atoms with Gasteiger partial charge in [-0.3, -0.25) is 9.59 Å². The first kappa shape index (κ1) is 34.1. The maximum Gasteiger partial charge on any atom is 0.242 e. The van der Waals surface area contributed by atoms with E-state index in [0.717, 1.165) is 48.8 Å². The summed E-state index contributed by atoms with van der Waals surface area (Å²) in [4.78, 5) is 31.4. The fraction of sp³-hybridized carbons (Fsp3) is 0.282. The number of hydrogen-bond donors (Lipinski definition) is 0. The van der Waals surface area contributed by atoms with E-state index in [1.807, 2.05) is 21.6 Å². The van der Waals surface area contributed by atoms with E-state index < -0.39 is 11.6 Å². The van der Waals surface area contributed by atoms with Crippen LogP contribution in [0, 0.1) is 11.6 Å². The summed E-state index contributed by atoms with van der Waals surface area (Å²) in [5.41, 5.74) is 5.22. The first-order chi connectivity index (χ1) is 22.8. The Bertz CT molecular complexity index is 1870. The summed E-state index contributed by atoms with van der Waals surface area (Å²) >= 11 is 1.21. The average molecular weight is 654 g/mol. The van der Waals surface area contributed by atoms with Crippen LogP contribution < -0.4 is 5.43 Å². The number of hydrogen-bond acceptors (Lipinski definition) is 4. The number of aryl methyl sites for hydroxylation is 1. The van der Waals surface area contributed by atoms with Gasteiger partial charge in [0.05, 0.1) is 10.5 Å². The molecule has 5 rings (SSSR count). The molecule has 1 heterocycles. The maximum atomic E-state index is 14.5. The van der Waals surface area contributed by atoms with Gasteiger partial charge >= 0.3 is 0 Å². The molecule has 0 spiro atoms. The molecule has 0 fully saturated rings.